The Bertz CT molecular complexity index is 833. The highest BCUT2D eigenvalue weighted by Crippen LogP contribution is 2.19. The summed E-state index contributed by atoms with van der Waals surface area (Å²) in [5, 5.41) is 13.0. The third-order valence-corrected chi connectivity index (χ3v) is 4.95. The maximum Gasteiger partial charge on any atom is 0.317 e. The minimum absolute atomic E-state index is 0.0826. The molecule has 6 nitrogen and oxygen atoms in total. The van der Waals surface area contributed by atoms with E-state index in [1.54, 1.807) is 18.3 Å². The molecule has 1 aromatic heterocycles. The molecule has 1 fully saturated rings. The number of benzene rings is 1. The van der Waals surface area contributed by atoms with Gasteiger partial charge in [0.05, 0.1) is 11.6 Å². The number of nitrogens with zero attached hydrogens (tertiary/aromatic N) is 4. The van der Waals surface area contributed by atoms with E-state index in [1.807, 2.05) is 36.1 Å². The Morgan fingerprint density at radius 1 is 1.22 bits per heavy atom. The van der Waals surface area contributed by atoms with Gasteiger partial charge in [-0.1, -0.05) is 23.7 Å². The molecule has 2 amide bonds. The second-order valence-electron chi connectivity index (χ2n) is 6.54. The van der Waals surface area contributed by atoms with Gasteiger partial charge in [-0.2, -0.15) is 5.26 Å². The molecule has 0 saturated carbocycles. The molecular formula is C20H22ClN5O. The van der Waals surface area contributed by atoms with Crippen LogP contribution in [0, 0.1) is 11.3 Å². The molecule has 1 saturated heterocycles. The minimum atomic E-state index is -0.102. The molecular weight excluding hydrogens is 362 g/mol. The number of nitriles is 1. The van der Waals surface area contributed by atoms with Crippen LogP contribution in [0.25, 0.3) is 0 Å². The Kier molecular flexibility index (Phi) is 6.15. The number of anilines is 1. The van der Waals surface area contributed by atoms with Gasteiger partial charge in [0.2, 0.25) is 0 Å². The molecule has 0 aliphatic carbocycles. The van der Waals surface area contributed by atoms with Crippen LogP contribution in [-0.2, 0) is 0 Å². The number of pyridine rings is 1. The summed E-state index contributed by atoms with van der Waals surface area (Å²) in [7, 11) is 0. The van der Waals surface area contributed by atoms with Crippen LogP contribution in [0.5, 0.6) is 0 Å². The molecule has 0 radical (unpaired) electrons. The highest BCUT2D eigenvalue weighted by Gasteiger charge is 2.22. The second kappa shape index (κ2) is 8.74. The smallest absolute Gasteiger partial charge is 0.317 e. The molecule has 1 aliphatic heterocycles. The largest absolute Gasteiger partial charge is 0.354 e. The molecule has 7 heteroatoms. The predicted octanol–water partition coefficient (Wildman–Crippen LogP) is 3.59. The molecule has 0 spiro atoms. The summed E-state index contributed by atoms with van der Waals surface area (Å²) in [6.07, 6.45) is 2.52. The Morgan fingerprint density at radius 3 is 2.74 bits per heavy atom. The van der Waals surface area contributed by atoms with Crippen LogP contribution in [0.3, 0.4) is 0 Å². The number of hydrogen-bond donors (Lipinski definition) is 1. The van der Waals surface area contributed by atoms with Crippen molar-refractivity contribution in [2.24, 2.45) is 0 Å². The lowest BCUT2D eigenvalue weighted by Gasteiger charge is -2.25. The van der Waals surface area contributed by atoms with Crippen molar-refractivity contribution in [1.29, 1.82) is 5.26 Å². The third-order valence-electron chi connectivity index (χ3n) is 4.70. The normalized spacial score (nSPS) is 15.6. The fraction of sp³-hybridized carbons (Fsp3) is 0.350. The van der Waals surface area contributed by atoms with Crippen LogP contribution in [0.1, 0.15) is 30.5 Å². The van der Waals surface area contributed by atoms with E-state index in [9.17, 15) is 10.1 Å². The van der Waals surface area contributed by atoms with Gasteiger partial charge in [0, 0.05) is 37.4 Å². The van der Waals surface area contributed by atoms with Gasteiger partial charge in [0.25, 0.3) is 0 Å². The predicted molar refractivity (Wildman–Crippen MR) is 106 cm³/mol. The number of amides is 2. The van der Waals surface area contributed by atoms with Crippen molar-refractivity contribution < 1.29 is 4.79 Å². The van der Waals surface area contributed by atoms with Gasteiger partial charge in [-0.05, 0) is 43.2 Å². The monoisotopic (exact) mass is 383 g/mol. The van der Waals surface area contributed by atoms with E-state index < -0.39 is 0 Å². The van der Waals surface area contributed by atoms with Crippen LogP contribution in [0.2, 0.25) is 5.02 Å². The van der Waals surface area contributed by atoms with Gasteiger partial charge < -0.3 is 15.1 Å². The fourth-order valence-electron chi connectivity index (χ4n) is 3.18. The van der Waals surface area contributed by atoms with Gasteiger partial charge in [0.1, 0.15) is 11.9 Å². The lowest BCUT2D eigenvalue weighted by atomic mass is 10.1. The number of rotatable bonds is 3. The first-order chi connectivity index (χ1) is 13.1. The van der Waals surface area contributed by atoms with Crippen molar-refractivity contribution in [2.45, 2.75) is 19.4 Å². The molecule has 1 atom stereocenters. The second-order valence-corrected chi connectivity index (χ2v) is 6.97. The molecule has 2 heterocycles. The van der Waals surface area contributed by atoms with E-state index in [0.717, 1.165) is 18.5 Å². The van der Waals surface area contributed by atoms with Gasteiger partial charge in [0.15, 0.2) is 0 Å². The van der Waals surface area contributed by atoms with Crippen LogP contribution in [0.15, 0.2) is 42.6 Å². The van der Waals surface area contributed by atoms with Crippen molar-refractivity contribution in [3.8, 4) is 6.07 Å². The van der Waals surface area contributed by atoms with E-state index in [4.69, 9.17) is 11.6 Å². The zero-order valence-corrected chi connectivity index (χ0v) is 16.0. The van der Waals surface area contributed by atoms with Gasteiger partial charge in [-0.3, -0.25) is 0 Å². The summed E-state index contributed by atoms with van der Waals surface area (Å²) in [5.41, 5.74) is 1.57. The summed E-state index contributed by atoms with van der Waals surface area (Å²) in [6.45, 7) is 4.63. The van der Waals surface area contributed by atoms with Crippen molar-refractivity contribution in [3.05, 3.63) is 58.7 Å². The number of aromatic nitrogens is 1. The molecule has 3 rings (SSSR count). The average Bonchev–Trinajstić information content (AvgIpc) is 2.94. The third kappa shape index (κ3) is 4.69. The standard InChI is InChI=1S/C20H22ClN5O/c1-15(16-5-7-18(21)8-6-16)24-20(27)26-11-3-10-25(12-13-26)19-17(14-22)4-2-9-23-19/h2,4-9,15H,3,10-13H2,1H3,(H,24,27). The first-order valence-corrected chi connectivity index (χ1v) is 9.37. The molecule has 1 unspecified atom stereocenters. The Balaban J connectivity index is 1.61. The highest BCUT2D eigenvalue weighted by atomic mass is 35.5. The SMILES string of the molecule is CC(NC(=O)N1CCCN(c2ncccc2C#N)CC1)c1ccc(Cl)cc1. The van der Waals surface area contributed by atoms with Crippen LogP contribution in [-0.4, -0.2) is 42.1 Å². The molecule has 140 valence electrons. The minimum Gasteiger partial charge on any atom is -0.354 e. The van der Waals surface area contributed by atoms with E-state index in [-0.39, 0.29) is 12.1 Å². The maximum atomic E-state index is 12.7. The van der Waals surface area contributed by atoms with Crippen molar-refractivity contribution in [1.82, 2.24) is 15.2 Å². The Hall–Kier alpha value is -2.78. The first kappa shape index (κ1) is 19.0. The zero-order chi connectivity index (χ0) is 19.2. The summed E-state index contributed by atoms with van der Waals surface area (Å²) >= 11 is 5.92. The fourth-order valence-corrected chi connectivity index (χ4v) is 3.31. The summed E-state index contributed by atoms with van der Waals surface area (Å²) in [6, 6.07) is 13.0. The van der Waals surface area contributed by atoms with E-state index >= 15 is 0 Å². The number of carbonyl (C=O) groups excluding carboxylic acids is 1. The van der Waals surface area contributed by atoms with Gasteiger partial charge in [-0.25, -0.2) is 9.78 Å². The van der Waals surface area contributed by atoms with Crippen LogP contribution >= 0.6 is 11.6 Å². The van der Waals surface area contributed by atoms with Crippen molar-refractivity contribution in [2.75, 3.05) is 31.1 Å². The molecule has 1 N–H and O–H groups in total. The number of carbonyl (C=O) groups is 1. The average molecular weight is 384 g/mol. The Morgan fingerprint density at radius 2 is 2.00 bits per heavy atom. The molecule has 2 aromatic rings. The topological polar surface area (TPSA) is 72.3 Å². The number of urea groups is 1. The lowest BCUT2D eigenvalue weighted by molar-refractivity contribution is 0.198. The van der Waals surface area contributed by atoms with E-state index in [1.165, 1.54) is 0 Å². The maximum absolute atomic E-state index is 12.7. The molecule has 1 aliphatic rings. The summed E-state index contributed by atoms with van der Waals surface area (Å²) in [5.74, 6) is 0.691. The van der Waals surface area contributed by atoms with E-state index in [0.29, 0.717) is 36.0 Å². The molecule has 27 heavy (non-hydrogen) atoms. The van der Waals surface area contributed by atoms with Crippen LogP contribution in [0.4, 0.5) is 10.6 Å². The number of hydrogen-bond acceptors (Lipinski definition) is 4. The lowest BCUT2D eigenvalue weighted by Crippen LogP contribution is -2.43. The van der Waals surface area contributed by atoms with Crippen molar-refractivity contribution >= 4 is 23.4 Å². The quantitative estimate of drug-likeness (QED) is 0.879. The molecule has 0 bridgehead atoms. The highest BCUT2D eigenvalue weighted by molar-refractivity contribution is 6.30. The van der Waals surface area contributed by atoms with E-state index in [2.05, 4.69) is 21.3 Å². The summed E-state index contributed by atoms with van der Waals surface area (Å²) < 4.78 is 0. The first-order valence-electron chi connectivity index (χ1n) is 8.99. The van der Waals surface area contributed by atoms with Crippen LogP contribution < -0.4 is 10.2 Å². The number of halogens is 1. The van der Waals surface area contributed by atoms with Gasteiger partial charge >= 0.3 is 6.03 Å². The zero-order valence-electron chi connectivity index (χ0n) is 15.2. The Labute approximate surface area is 164 Å². The molecule has 1 aromatic carbocycles. The van der Waals surface area contributed by atoms with Gasteiger partial charge in [-0.15, -0.1) is 0 Å². The summed E-state index contributed by atoms with van der Waals surface area (Å²) in [4.78, 5) is 20.9. The van der Waals surface area contributed by atoms with Crippen molar-refractivity contribution in [3.63, 3.8) is 0 Å². The number of nitrogens with one attached hydrogen (secondary N) is 1.